The highest BCUT2D eigenvalue weighted by Gasteiger charge is 2.20. The van der Waals surface area contributed by atoms with Crippen LogP contribution < -0.4 is 5.32 Å². The molecule has 0 spiro atoms. The number of nitrogens with zero attached hydrogens (tertiary/aromatic N) is 4. The van der Waals surface area contributed by atoms with Gasteiger partial charge >= 0.3 is 0 Å². The fourth-order valence-electron chi connectivity index (χ4n) is 4.12. The molecular formula is C24H35N5. The lowest BCUT2D eigenvalue weighted by atomic mass is 9.95. The van der Waals surface area contributed by atoms with Crippen molar-refractivity contribution in [2.45, 2.75) is 72.8 Å². The number of aryl methyl sites for hydroxylation is 3. The molecule has 5 heteroatoms. The van der Waals surface area contributed by atoms with Crippen molar-refractivity contribution in [3.63, 3.8) is 0 Å². The number of hydrogen-bond donors (Lipinski definition) is 1. The Hall–Kier alpha value is -2.27. The number of pyridine rings is 1. The third-order valence-corrected chi connectivity index (χ3v) is 5.89. The summed E-state index contributed by atoms with van der Waals surface area (Å²) in [6.45, 7) is 12.7. The molecule has 3 heterocycles. The zero-order valence-corrected chi connectivity index (χ0v) is 18.8. The largest absolute Gasteiger partial charge is 0.334 e. The summed E-state index contributed by atoms with van der Waals surface area (Å²) >= 11 is 0. The zero-order valence-electron chi connectivity index (χ0n) is 18.8. The highest BCUT2D eigenvalue weighted by molar-refractivity contribution is 5.81. The predicted octanol–water partition coefficient (Wildman–Crippen LogP) is 5.17. The summed E-state index contributed by atoms with van der Waals surface area (Å²) in [5, 5.41) is 3.36. The Morgan fingerprint density at radius 2 is 1.79 bits per heavy atom. The van der Waals surface area contributed by atoms with Gasteiger partial charge in [-0.2, -0.15) is 0 Å². The first-order chi connectivity index (χ1) is 14.1. The van der Waals surface area contributed by atoms with E-state index in [0.29, 0.717) is 5.92 Å². The molecule has 5 nitrogen and oxygen atoms in total. The van der Waals surface area contributed by atoms with E-state index in [9.17, 15) is 0 Å². The van der Waals surface area contributed by atoms with Gasteiger partial charge in [-0.15, -0.1) is 0 Å². The van der Waals surface area contributed by atoms with E-state index >= 15 is 0 Å². The van der Waals surface area contributed by atoms with Crippen LogP contribution in [0.1, 0.15) is 75.9 Å². The molecule has 156 valence electrons. The number of aromatic nitrogens is 4. The number of hydrogen-bond acceptors (Lipinski definition) is 4. The van der Waals surface area contributed by atoms with Gasteiger partial charge in [0.15, 0.2) is 5.65 Å². The molecule has 0 atom stereocenters. The van der Waals surface area contributed by atoms with Crippen molar-refractivity contribution in [3.05, 3.63) is 41.0 Å². The van der Waals surface area contributed by atoms with Crippen LogP contribution in [0.2, 0.25) is 0 Å². The fraction of sp³-hybridized carbons (Fsp3) is 0.542. The van der Waals surface area contributed by atoms with Crippen LogP contribution >= 0.6 is 0 Å². The van der Waals surface area contributed by atoms with Crippen LogP contribution in [0.4, 0.5) is 0 Å². The Bertz CT molecular complexity index is 969. The Kier molecular flexibility index (Phi) is 7.01. The van der Waals surface area contributed by atoms with Crippen LogP contribution in [0, 0.1) is 0 Å². The van der Waals surface area contributed by atoms with Crippen LogP contribution in [0.3, 0.4) is 0 Å². The SMILES string of the molecule is CCNCc1cc(CC)c(-c2nc3c(nc2CC)c(C(CC)CC)cn3C)cn1. The average molecular weight is 394 g/mol. The maximum absolute atomic E-state index is 5.13. The molecule has 0 aliphatic heterocycles. The molecule has 0 bridgehead atoms. The number of rotatable bonds is 9. The Labute approximate surface area is 175 Å². The Morgan fingerprint density at radius 3 is 2.41 bits per heavy atom. The smallest absolute Gasteiger partial charge is 0.159 e. The summed E-state index contributed by atoms with van der Waals surface area (Å²) in [6, 6.07) is 2.21. The minimum Gasteiger partial charge on any atom is -0.334 e. The van der Waals surface area contributed by atoms with Gasteiger partial charge in [0, 0.05) is 37.1 Å². The summed E-state index contributed by atoms with van der Waals surface area (Å²) in [6.07, 6.45) is 8.27. The summed E-state index contributed by atoms with van der Waals surface area (Å²) in [5.74, 6) is 0.529. The van der Waals surface area contributed by atoms with E-state index in [2.05, 4.69) is 63.8 Å². The third-order valence-electron chi connectivity index (χ3n) is 5.89. The van der Waals surface area contributed by atoms with Crippen molar-refractivity contribution >= 4 is 11.2 Å². The molecule has 0 radical (unpaired) electrons. The van der Waals surface area contributed by atoms with E-state index in [1.807, 2.05) is 6.20 Å². The van der Waals surface area contributed by atoms with E-state index in [-0.39, 0.29) is 0 Å². The molecule has 0 saturated heterocycles. The van der Waals surface area contributed by atoms with E-state index in [1.54, 1.807) is 0 Å². The van der Waals surface area contributed by atoms with Gasteiger partial charge in [0.25, 0.3) is 0 Å². The van der Waals surface area contributed by atoms with Crippen LogP contribution in [0.5, 0.6) is 0 Å². The van der Waals surface area contributed by atoms with Crippen molar-refractivity contribution in [1.29, 1.82) is 0 Å². The van der Waals surface area contributed by atoms with Crippen LogP contribution in [0.15, 0.2) is 18.5 Å². The van der Waals surface area contributed by atoms with E-state index in [0.717, 1.165) is 72.6 Å². The molecule has 0 aliphatic rings. The zero-order chi connectivity index (χ0) is 21.0. The maximum atomic E-state index is 5.13. The van der Waals surface area contributed by atoms with Gasteiger partial charge in [-0.25, -0.2) is 9.97 Å². The number of fused-ring (bicyclic) bond motifs is 1. The molecule has 0 aliphatic carbocycles. The van der Waals surface area contributed by atoms with Crippen molar-refractivity contribution in [1.82, 2.24) is 24.8 Å². The van der Waals surface area contributed by atoms with E-state index < -0.39 is 0 Å². The molecule has 0 unspecified atom stereocenters. The second-order valence-corrected chi connectivity index (χ2v) is 7.72. The van der Waals surface area contributed by atoms with Gasteiger partial charge in [-0.1, -0.05) is 34.6 Å². The molecule has 0 fully saturated rings. The van der Waals surface area contributed by atoms with Crippen LogP contribution in [-0.4, -0.2) is 26.1 Å². The molecule has 29 heavy (non-hydrogen) atoms. The molecule has 3 aromatic rings. The topological polar surface area (TPSA) is 55.6 Å². The lowest BCUT2D eigenvalue weighted by Crippen LogP contribution is -2.13. The van der Waals surface area contributed by atoms with E-state index in [1.165, 1.54) is 11.1 Å². The average Bonchev–Trinajstić information content (AvgIpc) is 3.07. The Balaban J connectivity index is 2.16. The van der Waals surface area contributed by atoms with Crippen molar-refractivity contribution in [2.24, 2.45) is 7.05 Å². The molecule has 3 aromatic heterocycles. The second kappa shape index (κ2) is 9.49. The van der Waals surface area contributed by atoms with Crippen molar-refractivity contribution in [2.75, 3.05) is 6.54 Å². The second-order valence-electron chi connectivity index (χ2n) is 7.72. The summed E-state index contributed by atoms with van der Waals surface area (Å²) in [5.41, 5.74) is 8.89. The molecule has 0 aromatic carbocycles. The van der Waals surface area contributed by atoms with Gasteiger partial charge in [0.2, 0.25) is 0 Å². The van der Waals surface area contributed by atoms with Crippen molar-refractivity contribution in [3.8, 4) is 11.3 Å². The molecule has 0 saturated carbocycles. The highest BCUT2D eigenvalue weighted by Crippen LogP contribution is 2.33. The first-order valence-electron chi connectivity index (χ1n) is 11.1. The first kappa shape index (κ1) is 21.4. The monoisotopic (exact) mass is 393 g/mol. The Morgan fingerprint density at radius 1 is 1.03 bits per heavy atom. The van der Waals surface area contributed by atoms with Gasteiger partial charge in [0.05, 0.1) is 17.1 Å². The van der Waals surface area contributed by atoms with Crippen LogP contribution in [-0.2, 0) is 26.4 Å². The molecule has 3 rings (SSSR count). The molecular weight excluding hydrogens is 358 g/mol. The normalized spacial score (nSPS) is 11.7. The quantitative estimate of drug-likeness (QED) is 0.545. The molecule has 1 N–H and O–H groups in total. The van der Waals surface area contributed by atoms with Gasteiger partial charge in [-0.3, -0.25) is 4.98 Å². The van der Waals surface area contributed by atoms with Crippen LogP contribution in [0.25, 0.3) is 22.4 Å². The summed E-state index contributed by atoms with van der Waals surface area (Å²) < 4.78 is 2.14. The predicted molar refractivity (Wildman–Crippen MR) is 121 cm³/mol. The van der Waals surface area contributed by atoms with E-state index in [4.69, 9.17) is 15.0 Å². The first-order valence-corrected chi connectivity index (χ1v) is 11.1. The highest BCUT2D eigenvalue weighted by atomic mass is 15.0. The van der Waals surface area contributed by atoms with Crippen molar-refractivity contribution < 1.29 is 0 Å². The van der Waals surface area contributed by atoms with Gasteiger partial charge < -0.3 is 9.88 Å². The summed E-state index contributed by atoms with van der Waals surface area (Å²) in [4.78, 5) is 15.0. The summed E-state index contributed by atoms with van der Waals surface area (Å²) in [7, 11) is 2.08. The van der Waals surface area contributed by atoms with Gasteiger partial charge in [0.1, 0.15) is 5.52 Å². The third kappa shape index (κ3) is 4.20. The number of nitrogens with one attached hydrogen (secondary N) is 1. The minimum absolute atomic E-state index is 0.529. The fourth-order valence-corrected chi connectivity index (χ4v) is 4.12. The molecule has 0 amide bonds. The lowest BCUT2D eigenvalue weighted by molar-refractivity contribution is 0.643. The standard InChI is InChI=1S/C24H35N5/c1-7-16(8-2)20-15-29(6)24-23(20)27-21(10-4)22(28-24)19-14-26-18(13-25-11-5)12-17(19)9-3/h12,14-16,25H,7-11,13H2,1-6H3. The maximum Gasteiger partial charge on any atom is 0.159 e. The minimum atomic E-state index is 0.529. The lowest BCUT2D eigenvalue weighted by Gasteiger charge is -2.14. The van der Waals surface area contributed by atoms with Gasteiger partial charge in [-0.05, 0) is 49.8 Å².